The SMILES string of the molecule is Cc1ccc(NC(=O)[C@H]2CCCN2C(=O)C23CC4CC(CC(C4)C2)C3)c(C)c1. The van der Waals surface area contributed by atoms with E-state index in [2.05, 4.69) is 18.3 Å². The van der Waals surface area contributed by atoms with Gasteiger partial charge in [-0.25, -0.2) is 0 Å². The van der Waals surface area contributed by atoms with Crippen LogP contribution < -0.4 is 5.32 Å². The van der Waals surface area contributed by atoms with Gasteiger partial charge in [0, 0.05) is 12.2 Å². The summed E-state index contributed by atoms with van der Waals surface area (Å²) in [7, 11) is 0. The van der Waals surface area contributed by atoms with Gasteiger partial charge in [-0.2, -0.15) is 0 Å². The number of carbonyl (C=O) groups excluding carboxylic acids is 2. The Balaban J connectivity index is 1.34. The number of hydrogen-bond acceptors (Lipinski definition) is 2. The molecule has 0 unspecified atom stereocenters. The molecule has 1 aromatic carbocycles. The predicted octanol–water partition coefficient (Wildman–Crippen LogP) is 4.45. The van der Waals surface area contributed by atoms with E-state index in [-0.39, 0.29) is 17.4 Å². The van der Waals surface area contributed by atoms with Crippen molar-refractivity contribution in [1.29, 1.82) is 0 Å². The summed E-state index contributed by atoms with van der Waals surface area (Å²) in [5.41, 5.74) is 2.97. The molecular formula is C24H32N2O2. The lowest BCUT2D eigenvalue weighted by molar-refractivity contribution is -0.160. The van der Waals surface area contributed by atoms with Crippen molar-refractivity contribution in [3.63, 3.8) is 0 Å². The Hall–Kier alpha value is -1.84. The molecule has 0 spiro atoms. The standard InChI is InChI=1S/C24H32N2O2/c1-15-5-6-20(16(2)8-15)25-22(27)21-4-3-7-26(21)23(28)24-12-17-9-18(13-24)11-19(10-17)14-24/h5-6,8,17-19,21H,3-4,7,9-14H2,1-2H3,(H,25,27)/t17?,18?,19?,21-,24?/m1/s1. The highest BCUT2D eigenvalue weighted by Gasteiger charge is 2.56. The predicted molar refractivity (Wildman–Crippen MR) is 110 cm³/mol. The highest BCUT2D eigenvalue weighted by atomic mass is 16.2. The van der Waals surface area contributed by atoms with Gasteiger partial charge in [-0.3, -0.25) is 9.59 Å². The zero-order valence-corrected chi connectivity index (χ0v) is 17.2. The first-order valence-corrected chi connectivity index (χ1v) is 11.1. The number of carbonyl (C=O) groups is 2. The van der Waals surface area contributed by atoms with E-state index in [1.165, 1.54) is 24.8 Å². The number of amides is 2. The summed E-state index contributed by atoms with van der Waals surface area (Å²) in [6, 6.07) is 5.78. The van der Waals surface area contributed by atoms with Crippen LogP contribution in [0.15, 0.2) is 18.2 Å². The molecule has 4 saturated carbocycles. The summed E-state index contributed by atoms with van der Waals surface area (Å²) in [5, 5.41) is 3.11. The number of hydrogen-bond donors (Lipinski definition) is 1. The van der Waals surface area contributed by atoms with Gasteiger partial charge in [0.2, 0.25) is 11.8 Å². The fraction of sp³-hybridized carbons (Fsp3) is 0.667. The Morgan fingerprint density at radius 2 is 1.68 bits per heavy atom. The first kappa shape index (κ1) is 18.2. The van der Waals surface area contributed by atoms with Crippen LogP contribution in [0.25, 0.3) is 0 Å². The maximum atomic E-state index is 13.7. The van der Waals surface area contributed by atoms with Crippen molar-refractivity contribution >= 4 is 17.5 Å². The second-order valence-corrected chi connectivity index (χ2v) is 10.2. The third kappa shape index (κ3) is 2.96. The highest BCUT2D eigenvalue weighted by Crippen LogP contribution is 2.60. The van der Waals surface area contributed by atoms with E-state index in [0.717, 1.165) is 67.7 Å². The highest BCUT2D eigenvalue weighted by molar-refractivity contribution is 5.98. The smallest absolute Gasteiger partial charge is 0.247 e. The van der Waals surface area contributed by atoms with E-state index in [4.69, 9.17) is 0 Å². The normalized spacial score (nSPS) is 36.0. The number of nitrogens with zero attached hydrogens (tertiary/aromatic N) is 1. The molecule has 28 heavy (non-hydrogen) atoms. The van der Waals surface area contributed by atoms with Crippen LogP contribution in [0.5, 0.6) is 0 Å². The summed E-state index contributed by atoms with van der Waals surface area (Å²) >= 11 is 0. The molecule has 4 bridgehead atoms. The van der Waals surface area contributed by atoms with E-state index >= 15 is 0 Å². The molecule has 1 saturated heterocycles. The largest absolute Gasteiger partial charge is 0.330 e. The Morgan fingerprint density at radius 1 is 1.04 bits per heavy atom. The molecule has 4 aliphatic carbocycles. The molecule has 1 N–H and O–H groups in total. The quantitative estimate of drug-likeness (QED) is 0.842. The molecule has 1 heterocycles. The van der Waals surface area contributed by atoms with Crippen molar-refractivity contribution in [3.8, 4) is 0 Å². The number of nitrogens with one attached hydrogen (secondary N) is 1. The maximum absolute atomic E-state index is 13.7. The van der Waals surface area contributed by atoms with Crippen molar-refractivity contribution in [2.45, 2.75) is 71.3 Å². The second kappa shape index (κ2) is 6.60. The second-order valence-electron chi connectivity index (χ2n) is 10.2. The molecule has 0 aromatic heterocycles. The van der Waals surface area contributed by atoms with Gasteiger partial charge in [-0.05, 0) is 94.6 Å². The molecule has 5 aliphatic rings. The third-order valence-corrected chi connectivity index (χ3v) is 7.95. The third-order valence-electron chi connectivity index (χ3n) is 7.95. The molecule has 1 atom stereocenters. The Bertz CT molecular complexity index is 780. The molecular weight excluding hydrogens is 348 g/mol. The minimum Gasteiger partial charge on any atom is -0.330 e. The molecule has 5 fully saturated rings. The zero-order valence-electron chi connectivity index (χ0n) is 17.2. The summed E-state index contributed by atoms with van der Waals surface area (Å²) in [6.07, 6.45) is 8.94. The van der Waals surface area contributed by atoms with Gasteiger partial charge in [0.05, 0.1) is 5.41 Å². The Morgan fingerprint density at radius 3 is 2.29 bits per heavy atom. The van der Waals surface area contributed by atoms with E-state index in [9.17, 15) is 9.59 Å². The van der Waals surface area contributed by atoms with Gasteiger partial charge >= 0.3 is 0 Å². The van der Waals surface area contributed by atoms with Crippen molar-refractivity contribution < 1.29 is 9.59 Å². The summed E-state index contributed by atoms with van der Waals surface area (Å²) in [4.78, 5) is 28.8. The molecule has 150 valence electrons. The topological polar surface area (TPSA) is 49.4 Å². The van der Waals surface area contributed by atoms with Crippen LogP contribution in [-0.2, 0) is 9.59 Å². The van der Waals surface area contributed by atoms with Crippen molar-refractivity contribution in [3.05, 3.63) is 29.3 Å². The monoisotopic (exact) mass is 380 g/mol. The lowest BCUT2D eigenvalue weighted by atomic mass is 9.49. The van der Waals surface area contributed by atoms with Gasteiger partial charge in [-0.1, -0.05) is 17.7 Å². The molecule has 4 heteroatoms. The van der Waals surface area contributed by atoms with Crippen molar-refractivity contribution in [2.24, 2.45) is 23.2 Å². The van der Waals surface area contributed by atoms with E-state index in [0.29, 0.717) is 5.91 Å². The molecule has 1 aromatic rings. The lowest BCUT2D eigenvalue weighted by Gasteiger charge is -2.56. The summed E-state index contributed by atoms with van der Waals surface area (Å²) in [5.74, 6) is 2.54. The fourth-order valence-corrected chi connectivity index (χ4v) is 7.13. The van der Waals surface area contributed by atoms with Gasteiger partial charge in [-0.15, -0.1) is 0 Å². The van der Waals surface area contributed by atoms with Crippen LogP contribution in [0.1, 0.15) is 62.5 Å². The minimum atomic E-state index is -0.304. The van der Waals surface area contributed by atoms with Gasteiger partial charge in [0.25, 0.3) is 0 Å². The van der Waals surface area contributed by atoms with Gasteiger partial charge in [0.1, 0.15) is 6.04 Å². The van der Waals surface area contributed by atoms with Crippen LogP contribution in [0.4, 0.5) is 5.69 Å². The molecule has 4 nitrogen and oxygen atoms in total. The van der Waals surface area contributed by atoms with Crippen LogP contribution in [0.2, 0.25) is 0 Å². The zero-order chi connectivity index (χ0) is 19.5. The Labute approximate surface area is 168 Å². The average molecular weight is 381 g/mol. The first-order valence-electron chi connectivity index (χ1n) is 11.1. The number of anilines is 1. The van der Waals surface area contributed by atoms with E-state index < -0.39 is 0 Å². The molecule has 0 radical (unpaired) electrons. The number of rotatable bonds is 3. The first-order chi connectivity index (χ1) is 13.4. The maximum Gasteiger partial charge on any atom is 0.247 e. The van der Waals surface area contributed by atoms with Crippen molar-refractivity contribution in [2.75, 3.05) is 11.9 Å². The van der Waals surface area contributed by atoms with Gasteiger partial charge < -0.3 is 10.2 Å². The van der Waals surface area contributed by atoms with E-state index in [1.807, 2.05) is 24.0 Å². The number of benzene rings is 1. The molecule has 2 amide bonds. The number of likely N-dealkylation sites (tertiary alicyclic amines) is 1. The van der Waals surface area contributed by atoms with Crippen LogP contribution in [0.3, 0.4) is 0 Å². The van der Waals surface area contributed by atoms with Crippen LogP contribution >= 0.6 is 0 Å². The summed E-state index contributed by atoms with van der Waals surface area (Å²) in [6.45, 7) is 4.82. The lowest BCUT2D eigenvalue weighted by Crippen LogP contribution is -2.56. The molecule has 1 aliphatic heterocycles. The van der Waals surface area contributed by atoms with E-state index in [1.54, 1.807) is 0 Å². The number of aryl methyl sites for hydroxylation is 2. The fourth-order valence-electron chi connectivity index (χ4n) is 7.13. The summed E-state index contributed by atoms with van der Waals surface area (Å²) < 4.78 is 0. The van der Waals surface area contributed by atoms with Crippen LogP contribution in [-0.4, -0.2) is 29.3 Å². The Kier molecular flexibility index (Phi) is 4.29. The average Bonchev–Trinajstić information content (AvgIpc) is 3.12. The van der Waals surface area contributed by atoms with Crippen molar-refractivity contribution in [1.82, 2.24) is 4.90 Å². The van der Waals surface area contributed by atoms with Gasteiger partial charge in [0.15, 0.2) is 0 Å². The molecule has 6 rings (SSSR count). The minimum absolute atomic E-state index is 0.0115. The van der Waals surface area contributed by atoms with Crippen LogP contribution in [0, 0.1) is 37.0 Å².